The van der Waals surface area contributed by atoms with E-state index >= 15 is 8.78 Å². The van der Waals surface area contributed by atoms with Crippen LogP contribution in [0.25, 0.3) is 89.4 Å². The van der Waals surface area contributed by atoms with Crippen molar-refractivity contribution in [2.75, 3.05) is 54.6 Å². The first-order chi connectivity index (χ1) is 64.9. The first-order valence-corrected chi connectivity index (χ1v) is 46.0. The summed E-state index contributed by atoms with van der Waals surface area (Å²) in [6.07, 6.45) is 8.83. The van der Waals surface area contributed by atoms with Crippen LogP contribution in [0, 0.1) is 35.3 Å². The van der Waals surface area contributed by atoms with Gasteiger partial charge in [0.25, 0.3) is 0 Å². The van der Waals surface area contributed by atoms with Crippen molar-refractivity contribution in [1.29, 1.82) is 0 Å². The summed E-state index contributed by atoms with van der Waals surface area (Å²) in [7, 11) is 5.06. The highest BCUT2D eigenvalue weighted by atomic mass is 19.1. The third-order valence-electron chi connectivity index (χ3n) is 26.4. The maximum absolute atomic E-state index is 16.9. The van der Waals surface area contributed by atoms with E-state index in [4.69, 9.17) is 47.4 Å². The molecule has 12 aromatic rings. The number of hydrogen-bond acceptors (Lipinski definition) is 22. The standard InChI is InChI=1S/C49H57FN10O8.C48H55FN10O8/c1-24(2)31-21-39(68-57-31)47-60-34-14-13-27(32-22-51-43(53-32)35-11-9-15-58(35)45(61)41(25(3)4)55-48(63)65-7)17-29(34)19-37(60)40-30(50)18-28(20-38(40)67-47)33-23-52-44(54-33)36-12-10-16-59(36)46(62)42(26(5)6)56-49(64)66-8;1-8-29-21-38(67-56-29)46-59-33-14-13-26(31-22-50-42(52-31)34-11-9-15-57(34)44(60)40(24(2)3)54-47(62)64-6)17-28(33)19-36(59)39-30(49)18-27(20-37(39)66-46)32-23-51-43(53-32)35-12-10-16-58(35)45(61)41(25(4)5)55-48(63)65-7/h13-14,17-26,35-36,41-42,47H,9-12,15-16H2,1-8H3,(H,51,53)(H,52,54)(H,55,63)(H,56,64);13-14,17-25,34-35,40-41,46H,8-12,15-16H2,1-7H3,(H,50,52)(H,51,53)(H,54,62)(H,55,63)/t35-,36-,41-,42-,47?;34-,35-,40-,41-,46?/m00/s1. The van der Waals surface area contributed by atoms with Gasteiger partial charge in [0.1, 0.15) is 70.6 Å². The fourth-order valence-electron chi connectivity index (χ4n) is 19.3. The molecule has 10 atom stereocenters. The van der Waals surface area contributed by atoms with Crippen LogP contribution in [0.3, 0.4) is 0 Å². The van der Waals surface area contributed by atoms with E-state index in [1.165, 1.54) is 40.6 Å². The molecule has 4 fully saturated rings. The number of imidazole rings is 4. The lowest BCUT2D eigenvalue weighted by molar-refractivity contribution is -0.136. The number of aryl methyl sites for hydroxylation is 1. The van der Waals surface area contributed by atoms with Crippen LogP contribution in [0.15, 0.2) is 119 Å². The lowest BCUT2D eigenvalue weighted by Crippen LogP contribution is -2.51. The van der Waals surface area contributed by atoms with Crippen LogP contribution in [0.2, 0.25) is 0 Å². The average molecular weight is 1850 g/mol. The van der Waals surface area contributed by atoms with Gasteiger partial charge in [-0.1, -0.05) is 98.6 Å². The minimum atomic E-state index is -0.841. The summed E-state index contributed by atoms with van der Waals surface area (Å²) in [5, 5.41) is 20.9. The predicted octanol–water partition coefficient (Wildman–Crippen LogP) is 16.2. The molecule has 18 rings (SSSR count). The topological polar surface area (TPSA) is 430 Å². The number of H-pyrrole nitrogens is 4. The number of nitrogens with one attached hydrogen (secondary N) is 8. The highest BCUT2D eigenvalue weighted by Crippen LogP contribution is 2.51. The molecule has 8 N–H and O–H groups in total. The minimum Gasteiger partial charge on any atom is -0.462 e. The summed E-state index contributed by atoms with van der Waals surface area (Å²) in [6, 6.07) is 21.4. The number of aromatic amines is 4. The van der Waals surface area contributed by atoms with Crippen LogP contribution < -0.4 is 30.7 Å². The molecule has 0 radical (unpaired) electrons. The molecular formula is C97H112F2N20O16. The Kier molecular flexibility index (Phi) is 26.3. The molecule has 0 aliphatic carbocycles. The zero-order chi connectivity index (χ0) is 95.4. The van der Waals surface area contributed by atoms with E-state index in [9.17, 15) is 38.4 Å². The number of fused-ring (bicyclic) bond motifs is 10. The molecule has 2 unspecified atom stereocenters. The SMILES string of the molecule is CCc1cc(C2Oc3cc(-c4cnc([C@@H]5CCCN5C(=O)[C@@H](NC(=O)OC)C(C)C)[nH]4)cc(F)c3-c3cc4cc(-c5cnc([C@@H]6CCCN6C(=O)[C@@H](NC(=O)OC)C(C)C)[nH]5)ccc4n32)on1.COC(=O)N[C@H](C(=O)N1CCC[C@H]1c1ncc(-c2cc(F)c3c(c2)OC(c2cc(C(C)C)no2)n2c-3cc3cc(-c4cnc([C@@H]5CCCN5C(=O)[C@@H](NC(=O)OC)C(C)C)[nH]4)ccc32)[nH]1)C(C)C. The van der Waals surface area contributed by atoms with E-state index in [0.717, 1.165) is 81.4 Å². The number of carbonyl (C=O) groups excluding carboxylic acids is 8. The van der Waals surface area contributed by atoms with Crippen LogP contribution in [-0.2, 0) is 44.5 Å². The second kappa shape index (κ2) is 38.3. The van der Waals surface area contributed by atoms with Crippen molar-refractivity contribution in [2.45, 2.75) is 201 Å². The van der Waals surface area contributed by atoms with Gasteiger partial charge in [-0.3, -0.25) is 28.3 Å². The largest absolute Gasteiger partial charge is 0.462 e. The number of nitrogens with zero attached hydrogens (tertiary/aromatic N) is 12. The molecule has 14 heterocycles. The van der Waals surface area contributed by atoms with Crippen LogP contribution in [0.4, 0.5) is 28.0 Å². The van der Waals surface area contributed by atoms with E-state index in [0.29, 0.717) is 139 Å². The van der Waals surface area contributed by atoms with E-state index < -0.39 is 72.6 Å². The second-order valence-corrected chi connectivity index (χ2v) is 36.7. The molecular weight excluding hydrogens is 1740 g/mol. The number of hydrogen-bond donors (Lipinski definition) is 8. The van der Waals surface area contributed by atoms with Crippen molar-refractivity contribution in [1.82, 2.24) is 100 Å². The molecule has 710 valence electrons. The highest BCUT2D eigenvalue weighted by Gasteiger charge is 2.45. The Bertz CT molecular complexity index is 6490. The first-order valence-electron chi connectivity index (χ1n) is 46.0. The number of benzene rings is 4. The molecule has 4 saturated heterocycles. The number of amides is 8. The van der Waals surface area contributed by atoms with Gasteiger partial charge in [0, 0.05) is 71.3 Å². The second-order valence-electron chi connectivity index (χ2n) is 36.7. The van der Waals surface area contributed by atoms with Gasteiger partial charge in [0.2, 0.25) is 36.1 Å². The van der Waals surface area contributed by atoms with Gasteiger partial charge in [-0.15, -0.1) is 0 Å². The number of methoxy groups -OCH3 is 4. The van der Waals surface area contributed by atoms with Crippen molar-refractivity contribution in [3.05, 3.63) is 168 Å². The van der Waals surface area contributed by atoms with Gasteiger partial charge in [-0.05, 0) is 148 Å². The number of alkyl carbamates (subject to hydrolysis) is 4. The smallest absolute Gasteiger partial charge is 0.407 e. The van der Waals surface area contributed by atoms with Crippen LogP contribution >= 0.6 is 0 Å². The zero-order valence-electron chi connectivity index (χ0n) is 77.9. The van der Waals surface area contributed by atoms with Gasteiger partial charge in [0.15, 0.2) is 11.5 Å². The van der Waals surface area contributed by atoms with E-state index in [1.54, 1.807) is 56.5 Å². The summed E-state index contributed by atoms with van der Waals surface area (Å²) < 4.78 is 81.9. The molecule has 4 aromatic carbocycles. The Morgan fingerprint density at radius 1 is 0.415 bits per heavy atom. The van der Waals surface area contributed by atoms with Crippen molar-refractivity contribution in [2.24, 2.45) is 23.7 Å². The predicted molar refractivity (Wildman–Crippen MR) is 490 cm³/mol. The summed E-state index contributed by atoms with van der Waals surface area (Å²) in [6.45, 7) is 23.0. The Morgan fingerprint density at radius 2 is 0.733 bits per heavy atom. The van der Waals surface area contributed by atoms with Gasteiger partial charge in [0.05, 0.1) is 145 Å². The molecule has 6 aliphatic heterocycles. The lowest BCUT2D eigenvalue weighted by Gasteiger charge is -2.30. The number of rotatable bonds is 24. The van der Waals surface area contributed by atoms with E-state index in [2.05, 4.69) is 61.5 Å². The average Bonchev–Trinajstić information content (AvgIpc) is 1.58. The summed E-state index contributed by atoms with van der Waals surface area (Å²) in [5.74, 6) is 1.37. The highest BCUT2D eigenvalue weighted by molar-refractivity contribution is 5.96. The minimum absolute atomic E-state index is 0.0822. The first kappa shape index (κ1) is 92.5. The van der Waals surface area contributed by atoms with Crippen molar-refractivity contribution >= 4 is 69.8 Å². The molecule has 135 heavy (non-hydrogen) atoms. The molecule has 0 spiro atoms. The summed E-state index contributed by atoms with van der Waals surface area (Å²) in [4.78, 5) is 143. The maximum Gasteiger partial charge on any atom is 0.407 e. The zero-order valence-corrected chi connectivity index (χ0v) is 77.9. The van der Waals surface area contributed by atoms with Gasteiger partial charge >= 0.3 is 24.4 Å². The van der Waals surface area contributed by atoms with Crippen molar-refractivity contribution < 1.29 is 84.6 Å². The number of carbonyl (C=O) groups is 8. The molecule has 0 saturated carbocycles. The molecule has 8 aromatic heterocycles. The summed E-state index contributed by atoms with van der Waals surface area (Å²) in [5.41, 5.74) is 9.92. The fraction of sp³-hybridized carbons (Fsp3) is 0.443. The monoisotopic (exact) mass is 1850 g/mol. The van der Waals surface area contributed by atoms with E-state index in [-0.39, 0.29) is 88.5 Å². The third-order valence-corrected chi connectivity index (χ3v) is 26.4. The Morgan fingerprint density at radius 3 is 1.03 bits per heavy atom. The van der Waals surface area contributed by atoms with E-state index in [1.807, 2.05) is 146 Å². The third kappa shape index (κ3) is 18.0. The molecule has 8 amide bonds. The number of likely N-dealkylation sites (tertiary alicyclic amines) is 4. The maximum atomic E-state index is 16.9. The Labute approximate surface area is 776 Å². The lowest BCUT2D eigenvalue weighted by atomic mass is 10.0. The molecule has 0 bridgehead atoms. The summed E-state index contributed by atoms with van der Waals surface area (Å²) >= 11 is 0. The fourth-order valence-corrected chi connectivity index (χ4v) is 19.3. The molecule has 38 heteroatoms. The van der Waals surface area contributed by atoms with Gasteiger partial charge in [-0.25, -0.2) is 47.9 Å². The van der Waals surface area contributed by atoms with Gasteiger partial charge in [-0.2, -0.15) is 0 Å². The molecule has 6 aliphatic rings. The van der Waals surface area contributed by atoms with Crippen LogP contribution in [0.1, 0.15) is 216 Å². The van der Waals surface area contributed by atoms with Crippen molar-refractivity contribution in [3.63, 3.8) is 0 Å². The number of ether oxygens (including phenoxy) is 6. The molecule has 36 nitrogen and oxygen atoms in total. The van der Waals surface area contributed by atoms with Crippen molar-refractivity contribution in [3.8, 4) is 79.0 Å². The Hall–Kier alpha value is -14.4. The number of halogens is 2. The Balaban J connectivity index is 0.000000188. The number of aromatic nitrogens is 12. The normalized spacial score (nSPS) is 18.7. The quantitative estimate of drug-likeness (QED) is 0.0260. The van der Waals surface area contributed by atoms with Crippen LogP contribution in [0.5, 0.6) is 11.5 Å². The van der Waals surface area contributed by atoms with Crippen LogP contribution in [-0.4, -0.2) is 206 Å². The van der Waals surface area contributed by atoms with Gasteiger partial charge < -0.3 is 98.3 Å².